The van der Waals surface area contributed by atoms with Gasteiger partial charge in [0.15, 0.2) is 0 Å². The molecule has 2 aliphatic rings. The van der Waals surface area contributed by atoms with Crippen LogP contribution in [0.1, 0.15) is 66.7 Å². The third-order valence-corrected chi connectivity index (χ3v) is 6.14. The quantitative estimate of drug-likeness (QED) is 0.421. The Bertz CT molecular complexity index is 532. The maximum Gasteiger partial charge on any atom is 0.307 e. The number of ether oxygens (including phenoxy) is 2. The Kier molecular flexibility index (Phi) is 15.6. The van der Waals surface area contributed by atoms with Gasteiger partial charge in [-0.3, -0.25) is 14.5 Å². The molecular weight excluding hydrogens is 420 g/mol. The predicted octanol–water partition coefficient (Wildman–Crippen LogP) is 2.27. The average Bonchev–Trinajstić information content (AvgIpc) is 2.79. The molecule has 2 saturated heterocycles. The van der Waals surface area contributed by atoms with Crippen molar-refractivity contribution < 1.29 is 19.1 Å². The summed E-state index contributed by atoms with van der Waals surface area (Å²) in [5.74, 6) is 0.0901. The fraction of sp³-hybridized carbons (Fsp3) is 0.920. The molecule has 1 unspecified atom stereocenters. The largest absolute Gasteiger partial charge is 0.466 e. The zero-order valence-corrected chi connectivity index (χ0v) is 21.9. The Hall–Kier alpha value is -1.22. The minimum atomic E-state index is -0.177. The summed E-state index contributed by atoms with van der Waals surface area (Å²) in [6, 6.07) is 0. The highest BCUT2D eigenvalue weighted by Crippen LogP contribution is 2.20. The normalized spacial score (nSPS) is 18.7. The number of esters is 2. The lowest BCUT2D eigenvalue weighted by atomic mass is 9.97. The van der Waals surface area contributed by atoms with Crippen molar-refractivity contribution in [2.24, 2.45) is 5.92 Å². The van der Waals surface area contributed by atoms with Crippen LogP contribution >= 0.6 is 0 Å². The first-order valence-electron chi connectivity index (χ1n) is 13.0. The van der Waals surface area contributed by atoms with E-state index in [1.165, 1.54) is 6.42 Å². The Balaban J connectivity index is 0.00000172. The van der Waals surface area contributed by atoms with Gasteiger partial charge in [0.25, 0.3) is 0 Å². The molecule has 1 atom stereocenters. The summed E-state index contributed by atoms with van der Waals surface area (Å²) in [6.45, 7) is 20.0. The molecule has 0 amide bonds. The van der Waals surface area contributed by atoms with Crippen LogP contribution in [-0.4, -0.2) is 99.4 Å². The van der Waals surface area contributed by atoms with Gasteiger partial charge < -0.3 is 25.0 Å². The topological polar surface area (TPSA) is 83.1 Å². The van der Waals surface area contributed by atoms with Crippen LogP contribution < -0.4 is 10.6 Å². The number of carbonyl (C=O) groups is 2. The van der Waals surface area contributed by atoms with Crippen molar-refractivity contribution in [3.05, 3.63) is 0 Å². The fourth-order valence-electron chi connectivity index (χ4n) is 3.93. The van der Waals surface area contributed by atoms with Crippen molar-refractivity contribution in [3.63, 3.8) is 0 Å². The predicted molar refractivity (Wildman–Crippen MR) is 133 cm³/mol. The monoisotopic (exact) mass is 470 g/mol. The minimum Gasteiger partial charge on any atom is -0.466 e. The van der Waals surface area contributed by atoms with E-state index in [9.17, 15) is 9.59 Å². The van der Waals surface area contributed by atoms with Crippen LogP contribution in [0.4, 0.5) is 0 Å². The fourth-order valence-corrected chi connectivity index (χ4v) is 3.93. The van der Waals surface area contributed by atoms with E-state index in [1.807, 2.05) is 0 Å². The van der Waals surface area contributed by atoms with Crippen LogP contribution in [0.25, 0.3) is 0 Å². The van der Waals surface area contributed by atoms with Crippen molar-refractivity contribution in [2.45, 2.75) is 72.3 Å². The van der Waals surface area contributed by atoms with Crippen LogP contribution in [0.5, 0.6) is 0 Å². The molecule has 8 heteroatoms. The molecular formula is C25H50N4O4. The van der Waals surface area contributed by atoms with E-state index in [-0.39, 0.29) is 17.5 Å². The highest BCUT2D eigenvalue weighted by Gasteiger charge is 2.30. The second kappa shape index (κ2) is 17.2. The Labute approximate surface area is 202 Å². The summed E-state index contributed by atoms with van der Waals surface area (Å²) in [5.41, 5.74) is -0.177. The third kappa shape index (κ3) is 13.9. The van der Waals surface area contributed by atoms with Gasteiger partial charge in [0.05, 0.1) is 26.1 Å². The van der Waals surface area contributed by atoms with Gasteiger partial charge in [-0.25, -0.2) is 0 Å². The zero-order chi connectivity index (χ0) is 24.5. The second-order valence-corrected chi connectivity index (χ2v) is 9.90. The molecule has 8 nitrogen and oxygen atoms in total. The molecule has 0 bridgehead atoms. The Morgan fingerprint density at radius 3 is 1.91 bits per heavy atom. The summed E-state index contributed by atoms with van der Waals surface area (Å²) in [5, 5.41) is 6.64. The maximum atomic E-state index is 12.2. The van der Waals surface area contributed by atoms with E-state index in [1.54, 1.807) is 0 Å². The number of nitrogens with one attached hydrogen (secondary N) is 2. The summed E-state index contributed by atoms with van der Waals surface area (Å²) in [6.07, 6.45) is 3.70. The molecule has 0 aromatic carbocycles. The first-order chi connectivity index (χ1) is 15.8. The van der Waals surface area contributed by atoms with Crippen molar-refractivity contribution >= 4 is 11.9 Å². The molecule has 33 heavy (non-hydrogen) atoms. The van der Waals surface area contributed by atoms with Gasteiger partial charge in [0.2, 0.25) is 0 Å². The molecule has 2 fully saturated rings. The molecule has 0 saturated carbocycles. The molecule has 0 aromatic heterocycles. The molecule has 0 radical (unpaired) electrons. The lowest BCUT2D eigenvalue weighted by molar-refractivity contribution is -0.147. The van der Waals surface area contributed by atoms with E-state index in [2.05, 4.69) is 55.1 Å². The maximum absolute atomic E-state index is 12.2. The number of carbonyl (C=O) groups excluding carboxylic acids is 2. The standard InChI is InChI=1S/C22H42N4O4.C3H8/c1-19(5-16-29-20(27)4-11-25-12-7-23-8-13-25)6-17-30-21(28)18-22(2,3)26-14-9-24-10-15-26;1-3-2/h19,23-24H,4-18H2,1-3H3;3H2,1-2H3. The molecule has 2 N–H and O–H groups in total. The van der Waals surface area contributed by atoms with Gasteiger partial charge in [0, 0.05) is 64.4 Å². The van der Waals surface area contributed by atoms with Gasteiger partial charge in [-0.1, -0.05) is 27.2 Å². The van der Waals surface area contributed by atoms with Crippen molar-refractivity contribution in [1.29, 1.82) is 0 Å². The van der Waals surface area contributed by atoms with E-state index >= 15 is 0 Å². The van der Waals surface area contributed by atoms with Gasteiger partial charge in [0.1, 0.15) is 0 Å². The molecule has 0 aliphatic carbocycles. The van der Waals surface area contributed by atoms with Crippen molar-refractivity contribution in [1.82, 2.24) is 20.4 Å². The van der Waals surface area contributed by atoms with Crippen molar-refractivity contribution in [2.75, 3.05) is 72.1 Å². The van der Waals surface area contributed by atoms with E-state index in [0.29, 0.717) is 32.0 Å². The summed E-state index contributed by atoms with van der Waals surface area (Å²) in [4.78, 5) is 28.8. The minimum absolute atomic E-state index is 0.123. The van der Waals surface area contributed by atoms with Gasteiger partial charge >= 0.3 is 11.9 Å². The van der Waals surface area contributed by atoms with Crippen molar-refractivity contribution in [3.8, 4) is 0 Å². The number of piperazine rings is 2. The molecule has 0 spiro atoms. The average molecular weight is 471 g/mol. The Morgan fingerprint density at radius 2 is 1.36 bits per heavy atom. The summed E-state index contributed by atoms with van der Waals surface area (Å²) in [7, 11) is 0. The molecule has 0 aromatic rings. The van der Waals surface area contributed by atoms with Gasteiger partial charge in [-0.15, -0.1) is 0 Å². The summed E-state index contributed by atoms with van der Waals surface area (Å²) < 4.78 is 10.8. The zero-order valence-electron chi connectivity index (χ0n) is 21.9. The van der Waals surface area contributed by atoms with E-state index < -0.39 is 0 Å². The molecule has 2 aliphatic heterocycles. The third-order valence-electron chi connectivity index (χ3n) is 6.14. The van der Waals surface area contributed by atoms with E-state index in [0.717, 1.165) is 71.7 Å². The van der Waals surface area contributed by atoms with Crippen LogP contribution in [0, 0.1) is 5.92 Å². The number of nitrogens with zero attached hydrogens (tertiary/aromatic N) is 2. The Morgan fingerprint density at radius 1 is 0.879 bits per heavy atom. The van der Waals surface area contributed by atoms with Gasteiger partial charge in [-0.2, -0.15) is 0 Å². The lowest BCUT2D eigenvalue weighted by Gasteiger charge is -2.40. The first-order valence-corrected chi connectivity index (χ1v) is 13.0. The van der Waals surface area contributed by atoms with Crippen LogP contribution in [0.15, 0.2) is 0 Å². The van der Waals surface area contributed by atoms with E-state index in [4.69, 9.17) is 9.47 Å². The number of hydrogen-bond acceptors (Lipinski definition) is 8. The molecule has 2 rings (SSSR count). The highest BCUT2D eigenvalue weighted by atomic mass is 16.5. The summed E-state index contributed by atoms with van der Waals surface area (Å²) >= 11 is 0. The smallest absolute Gasteiger partial charge is 0.307 e. The lowest BCUT2D eigenvalue weighted by Crippen LogP contribution is -2.54. The SMILES string of the molecule is CC(CCOC(=O)CCN1CCNCC1)CCOC(=O)CC(C)(C)N1CCNCC1.CCC. The molecule has 2 heterocycles. The number of hydrogen-bond donors (Lipinski definition) is 2. The van der Waals surface area contributed by atoms with Gasteiger partial charge in [-0.05, 0) is 32.6 Å². The molecule has 194 valence electrons. The number of rotatable bonds is 12. The first kappa shape index (κ1) is 29.8. The van der Waals surface area contributed by atoms with Crippen LogP contribution in [0.2, 0.25) is 0 Å². The highest BCUT2D eigenvalue weighted by molar-refractivity contribution is 5.70. The van der Waals surface area contributed by atoms with Crippen LogP contribution in [0.3, 0.4) is 0 Å². The van der Waals surface area contributed by atoms with Crippen LogP contribution in [-0.2, 0) is 19.1 Å². The second-order valence-electron chi connectivity index (χ2n) is 9.90.